The predicted molar refractivity (Wildman–Crippen MR) is 105 cm³/mol. The highest BCUT2D eigenvalue weighted by Gasteiger charge is 2.37. The number of hydrogen-bond acceptors (Lipinski definition) is 7. The van der Waals surface area contributed by atoms with Gasteiger partial charge in [0.2, 0.25) is 5.91 Å². The smallest absolute Gasteiger partial charge is 0.252 e. The van der Waals surface area contributed by atoms with Gasteiger partial charge in [0.25, 0.3) is 5.91 Å². The molecule has 1 aliphatic heterocycles. The molecule has 0 radical (unpaired) electrons. The highest BCUT2D eigenvalue weighted by Crippen LogP contribution is 2.25. The van der Waals surface area contributed by atoms with Crippen LogP contribution in [0.5, 0.6) is 0 Å². The summed E-state index contributed by atoms with van der Waals surface area (Å²) in [5.41, 5.74) is 0. The Hall–Kier alpha value is -1.52. The molecule has 1 aliphatic carbocycles. The van der Waals surface area contributed by atoms with Crippen molar-refractivity contribution < 1.29 is 34.8 Å². The summed E-state index contributed by atoms with van der Waals surface area (Å²) in [6, 6.07) is -0.877. The van der Waals surface area contributed by atoms with Crippen molar-refractivity contribution in [2.24, 2.45) is 5.92 Å². The maximum atomic E-state index is 12.5. The van der Waals surface area contributed by atoms with Crippen molar-refractivity contribution in [2.75, 3.05) is 13.7 Å². The molecule has 166 valence electrons. The summed E-state index contributed by atoms with van der Waals surface area (Å²) in [6.07, 6.45) is 2.58. The van der Waals surface area contributed by atoms with Gasteiger partial charge in [0.1, 0.15) is 24.4 Å². The van der Waals surface area contributed by atoms with Crippen molar-refractivity contribution in [1.29, 1.82) is 0 Å². The van der Waals surface area contributed by atoms with Crippen molar-refractivity contribution in [1.82, 2.24) is 10.6 Å². The van der Waals surface area contributed by atoms with Gasteiger partial charge in [0.05, 0.1) is 6.10 Å². The molecule has 1 heterocycles. The molecule has 0 bridgehead atoms. The number of aliphatic hydroxyl groups is 4. The number of carbonyl (C=O) groups excluding carboxylic acids is 2. The highest BCUT2D eigenvalue weighted by molar-refractivity contribution is 5.89. The number of carbonyl (C=O) groups is 2. The second kappa shape index (κ2) is 11.6. The highest BCUT2D eigenvalue weighted by atomic mass is 16.5. The van der Waals surface area contributed by atoms with Crippen LogP contribution in [0.4, 0.5) is 0 Å². The Labute approximate surface area is 171 Å². The second-order valence-corrected chi connectivity index (χ2v) is 7.95. The number of allylic oxidation sites excluding steroid dienone is 1. The van der Waals surface area contributed by atoms with Crippen molar-refractivity contribution in [3.8, 4) is 0 Å². The van der Waals surface area contributed by atoms with Gasteiger partial charge in [-0.3, -0.25) is 9.59 Å². The molecular weight excluding hydrogens is 380 g/mol. The second-order valence-electron chi connectivity index (χ2n) is 7.95. The van der Waals surface area contributed by atoms with E-state index in [0.29, 0.717) is 12.3 Å². The van der Waals surface area contributed by atoms with E-state index in [1.54, 1.807) is 0 Å². The topological polar surface area (TPSA) is 148 Å². The maximum Gasteiger partial charge on any atom is 0.252 e. The van der Waals surface area contributed by atoms with Crippen LogP contribution in [0, 0.1) is 5.92 Å². The summed E-state index contributed by atoms with van der Waals surface area (Å²) >= 11 is 0. The molecule has 29 heavy (non-hydrogen) atoms. The fourth-order valence-corrected chi connectivity index (χ4v) is 3.82. The van der Waals surface area contributed by atoms with Crippen LogP contribution in [0.15, 0.2) is 12.2 Å². The fourth-order valence-electron chi connectivity index (χ4n) is 3.82. The van der Waals surface area contributed by atoms with E-state index in [0.717, 1.165) is 25.7 Å². The molecule has 9 nitrogen and oxygen atoms in total. The number of methoxy groups -OCH3 is 1. The summed E-state index contributed by atoms with van der Waals surface area (Å²) < 4.78 is 5.03. The first kappa shape index (κ1) is 23.8. The molecule has 1 saturated heterocycles. The lowest BCUT2D eigenvalue weighted by atomic mass is 9.88. The van der Waals surface area contributed by atoms with E-state index < -0.39 is 48.4 Å². The third kappa shape index (κ3) is 7.04. The Morgan fingerprint density at radius 2 is 1.83 bits per heavy atom. The molecular formula is C20H34N2O7. The van der Waals surface area contributed by atoms with Crippen LogP contribution in [0.3, 0.4) is 0 Å². The summed E-state index contributed by atoms with van der Waals surface area (Å²) in [5.74, 6) is -0.873. The lowest BCUT2D eigenvalue weighted by Gasteiger charge is -2.28. The van der Waals surface area contributed by atoms with E-state index in [4.69, 9.17) is 4.74 Å². The minimum Gasteiger partial charge on any atom is -0.391 e. The fraction of sp³-hybridized carbons (Fsp3) is 0.800. The van der Waals surface area contributed by atoms with Crippen molar-refractivity contribution >= 4 is 11.8 Å². The van der Waals surface area contributed by atoms with Gasteiger partial charge < -0.3 is 35.8 Å². The summed E-state index contributed by atoms with van der Waals surface area (Å²) in [6.45, 7) is 0.111. The summed E-state index contributed by atoms with van der Waals surface area (Å²) in [7, 11) is 1.20. The van der Waals surface area contributed by atoms with Gasteiger partial charge in [-0.1, -0.05) is 31.4 Å². The number of ether oxygens (including phenoxy) is 1. The zero-order valence-corrected chi connectivity index (χ0v) is 16.9. The number of nitrogens with one attached hydrogen (secondary N) is 2. The molecule has 2 aliphatic rings. The van der Waals surface area contributed by atoms with Gasteiger partial charge in [-0.2, -0.15) is 0 Å². The summed E-state index contributed by atoms with van der Waals surface area (Å²) in [5, 5.41) is 45.5. The Morgan fingerprint density at radius 3 is 2.48 bits per heavy atom. The molecule has 0 aromatic heterocycles. The van der Waals surface area contributed by atoms with Crippen LogP contribution in [0.1, 0.15) is 44.9 Å². The van der Waals surface area contributed by atoms with Crippen molar-refractivity contribution in [2.45, 2.75) is 81.5 Å². The van der Waals surface area contributed by atoms with Crippen LogP contribution in [0.25, 0.3) is 0 Å². The third-order valence-electron chi connectivity index (χ3n) is 5.69. The number of hydrogen-bond donors (Lipinski definition) is 6. The van der Waals surface area contributed by atoms with E-state index in [9.17, 15) is 30.0 Å². The first-order valence-electron chi connectivity index (χ1n) is 10.3. The van der Waals surface area contributed by atoms with Crippen LogP contribution in [-0.4, -0.2) is 82.5 Å². The molecule has 9 heteroatoms. The molecule has 2 amide bonds. The van der Waals surface area contributed by atoms with Crippen LogP contribution in [-0.2, 0) is 14.3 Å². The predicted octanol–water partition coefficient (Wildman–Crippen LogP) is -1.02. The van der Waals surface area contributed by atoms with Crippen LogP contribution < -0.4 is 10.6 Å². The van der Waals surface area contributed by atoms with Gasteiger partial charge in [0, 0.05) is 13.7 Å². The maximum absolute atomic E-state index is 12.5. The first-order chi connectivity index (χ1) is 13.8. The van der Waals surface area contributed by atoms with Gasteiger partial charge >= 0.3 is 0 Å². The third-order valence-corrected chi connectivity index (χ3v) is 5.69. The Morgan fingerprint density at radius 1 is 1.14 bits per heavy atom. The minimum absolute atomic E-state index is 0.111. The largest absolute Gasteiger partial charge is 0.391 e. The van der Waals surface area contributed by atoms with Crippen LogP contribution in [0.2, 0.25) is 0 Å². The SMILES string of the molecule is CO[C@@H](C(=O)N[C@H]1CC[C@@H](O)CNC1=O)[C@H](O)[C@@H](O)[C@H](O)/C=C/C1CCCCC1. The van der Waals surface area contributed by atoms with E-state index in [1.165, 1.54) is 19.6 Å². The molecule has 2 rings (SSSR count). The quantitative estimate of drug-likeness (QED) is 0.278. The number of β-amino-alcohol motifs (C(OH)–C–C–N with tert-alkyl or cyclic N) is 1. The molecule has 2 fully saturated rings. The van der Waals surface area contributed by atoms with Gasteiger partial charge in [-0.05, 0) is 31.6 Å². The number of amides is 2. The van der Waals surface area contributed by atoms with E-state index in [1.807, 2.05) is 6.08 Å². The zero-order chi connectivity index (χ0) is 21.4. The first-order valence-corrected chi connectivity index (χ1v) is 10.3. The Balaban J connectivity index is 1.92. The minimum atomic E-state index is -1.69. The Bertz CT molecular complexity index is 565. The lowest BCUT2D eigenvalue weighted by molar-refractivity contribution is -0.150. The van der Waals surface area contributed by atoms with E-state index >= 15 is 0 Å². The molecule has 0 unspecified atom stereocenters. The summed E-state index contributed by atoms with van der Waals surface area (Å²) in [4.78, 5) is 24.5. The number of rotatable bonds is 8. The van der Waals surface area contributed by atoms with Gasteiger partial charge in [-0.15, -0.1) is 0 Å². The molecule has 0 aromatic carbocycles. The van der Waals surface area contributed by atoms with Crippen LogP contribution >= 0.6 is 0 Å². The lowest BCUT2D eigenvalue weighted by Crippen LogP contribution is -2.55. The molecule has 1 saturated carbocycles. The Kier molecular flexibility index (Phi) is 9.51. The van der Waals surface area contributed by atoms with Gasteiger partial charge in [-0.25, -0.2) is 0 Å². The molecule has 0 spiro atoms. The van der Waals surface area contributed by atoms with Crippen molar-refractivity contribution in [3.05, 3.63) is 12.2 Å². The average molecular weight is 414 g/mol. The average Bonchev–Trinajstić information content (AvgIpc) is 2.88. The van der Waals surface area contributed by atoms with E-state index in [-0.39, 0.29) is 13.0 Å². The van der Waals surface area contributed by atoms with Gasteiger partial charge in [0.15, 0.2) is 6.10 Å². The normalized spacial score (nSPS) is 28.2. The zero-order valence-electron chi connectivity index (χ0n) is 16.9. The monoisotopic (exact) mass is 414 g/mol. The van der Waals surface area contributed by atoms with Crippen molar-refractivity contribution in [3.63, 3.8) is 0 Å². The molecule has 0 aromatic rings. The molecule has 6 atom stereocenters. The molecule has 6 N–H and O–H groups in total. The number of aliphatic hydroxyl groups excluding tert-OH is 4. The van der Waals surface area contributed by atoms with E-state index in [2.05, 4.69) is 10.6 Å². The standard InChI is InChI=1S/C20H34N2O7/c1-29-18(20(28)22-14-9-8-13(23)11-21-19(14)27)17(26)16(25)15(24)10-7-12-5-3-2-4-6-12/h7,10,12-18,23-26H,2-6,8-9,11H2,1H3,(H,21,27)(H,22,28)/b10-7+/t13-,14+,15-,16+,17-,18-/m1/s1.